The van der Waals surface area contributed by atoms with E-state index < -0.39 is 5.82 Å². The Labute approximate surface area is 136 Å². The van der Waals surface area contributed by atoms with Crippen LogP contribution in [0.25, 0.3) is 22.3 Å². The van der Waals surface area contributed by atoms with Gasteiger partial charge < -0.3 is 14.9 Å². The normalized spacial score (nSPS) is 11.0. The van der Waals surface area contributed by atoms with Crippen LogP contribution in [0, 0.1) is 12.7 Å². The fourth-order valence-corrected chi connectivity index (χ4v) is 2.59. The van der Waals surface area contributed by atoms with Gasteiger partial charge in [0.2, 0.25) is 11.2 Å². The van der Waals surface area contributed by atoms with Crippen molar-refractivity contribution in [3.63, 3.8) is 0 Å². The van der Waals surface area contributed by atoms with Gasteiger partial charge in [-0.25, -0.2) is 4.39 Å². The monoisotopic (exact) mass is 333 g/mol. The number of methoxy groups -OCH3 is 1. The van der Waals surface area contributed by atoms with Crippen LogP contribution >= 0.6 is 11.6 Å². The minimum Gasteiger partial charge on any atom is -0.490 e. The summed E-state index contributed by atoms with van der Waals surface area (Å²) in [5.74, 6) is -0.384. The van der Waals surface area contributed by atoms with E-state index in [0.717, 1.165) is 5.56 Å². The van der Waals surface area contributed by atoms with Crippen molar-refractivity contribution < 1.29 is 13.5 Å². The molecule has 3 aromatic rings. The molecule has 1 heterocycles. The van der Waals surface area contributed by atoms with Gasteiger partial charge in [0.05, 0.1) is 17.5 Å². The lowest BCUT2D eigenvalue weighted by Gasteiger charge is -2.11. The molecule has 0 aliphatic heterocycles. The van der Waals surface area contributed by atoms with E-state index in [0.29, 0.717) is 16.8 Å². The van der Waals surface area contributed by atoms with Crippen LogP contribution in [0.4, 0.5) is 10.1 Å². The smallest absolute Gasteiger partial charge is 0.237 e. The van der Waals surface area contributed by atoms with Gasteiger partial charge in [0.1, 0.15) is 11.4 Å². The van der Waals surface area contributed by atoms with Crippen molar-refractivity contribution in [2.45, 2.75) is 6.92 Å². The second-order valence-electron chi connectivity index (χ2n) is 5.09. The molecule has 0 spiro atoms. The summed E-state index contributed by atoms with van der Waals surface area (Å²) in [6.07, 6.45) is 0. The number of benzene rings is 2. The number of hydrogen-bond donors (Lipinski definition) is 1. The average molecular weight is 334 g/mol. The summed E-state index contributed by atoms with van der Waals surface area (Å²) in [7, 11) is 1.36. The molecule has 118 valence electrons. The number of aryl methyl sites for hydroxylation is 1. The van der Waals surface area contributed by atoms with Gasteiger partial charge in [-0.1, -0.05) is 17.7 Å². The first-order chi connectivity index (χ1) is 10.9. The van der Waals surface area contributed by atoms with Crippen LogP contribution in [-0.4, -0.2) is 7.11 Å². The Kier molecular flexibility index (Phi) is 3.74. The number of nitrogens with two attached hydrogens (primary N) is 1. The van der Waals surface area contributed by atoms with E-state index in [-0.39, 0.29) is 27.3 Å². The Hall–Kier alpha value is -2.53. The topological polar surface area (TPSA) is 65.5 Å². The van der Waals surface area contributed by atoms with Crippen molar-refractivity contribution in [3.05, 3.63) is 57.0 Å². The molecular weight excluding hydrogens is 321 g/mol. The Balaban J connectivity index is 2.40. The van der Waals surface area contributed by atoms with Gasteiger partial charge in [-0.05, 0) is 36.8 Å². The molecule has 0 aliphatic rings. The van der Waals surface area contributed by atoms with Crippen LogP contribution in [0.1, 0.15) is 5.56 Å². The molecule has 2 aromatic carbocycles. The maximum absolute atomic E-state index is 13.4. The lowest BCUT2D eigenvalue weighted by molar-refractivity contribution is 0.399. The van der Waals surface area contributed by atoms with Crippen molar-refractivity contribution in [1.82, 2.24) is 0 Å². The minimum absolute atomic E-state index is 0.00234. The molecule has 4 nitrogen and oxygen atoms in total. The average Bonchev–Trinajstić information content (AvgIpc) is 2.53. The van der Waals surface area contributed by atoms with Crippen molar-refractivity contribution in [2.75, 3.05) is 12.8 Å². The van der Waals surface area contributed by atoms with E-state index in [2.05, 4.69) is 0 Å². The second-order valence-corrected chi connectivity index (χ2v) is 5.50. The molecule has 0 radical (unpaired) electrons. The SMILES string of the molecule is COc1c(-c2ccc(F)c(Cl)c2)oc2ccc(C)c(N)c2c1=O. The number of halogens is 2. The van der Waals surface area contributed by atoms with E-state index in [1.165, 1.54) is 25.3 Å². The van der Waals surface area contributed by atoms with Crippen LogP contribution in [0.5, 0.6) is 5.75 Å². The van der Waals surface area contributed by atoms with Crippen molar-refractivity contribution in [2.24, 2.45) is 0 Å². The highest BCUT2D eigenvalue weighted by Gasteiger charge is 2.19. The molecule has 1 aromatic heterocycles. The van der Waals surface area contributed by atoms with Gasteiger partial charge >= 0.3 is 0 Å². The summed E-state index contributed by atoms with van der Waals surface area (Å²) < 4.78 is 24.4. The molecule has 0 unspecified atom stereocenters. The van der Waals surface area contributed by atoms with Gasteiger partial charge in [-0.2, -0.15) is 0 Å². The van der Waals surface area contributed by atoms with Crippen LogP contribution in [0.3, 0.4) is 0 Å². The van der Waals surface area contributed by atoms with Crippen molar-refractivity contribution in [3.8, 4) is 17.1 Å². The Morgan fingerprint density at radius 1 is 1.26 bits per heavy atom. The lowest BCUT2D eigenvalue weighted by atomic mass is 10.1. The summed E-state index contributed by atoms with van der Waals surface area (Å²) in [6.45, 7) is 1.80. The highest BCUT2D eigenvalue weighted by atomic mass is 35.5. The largest absolute Gasteiger partial charge is 0.490 e. The molecule has 23 heavy (non-hydrogen) atoms. The standard InChI is InChI=1S/C17H13ClFNO3/c1-8-3-6-12-13(14(8)20)15(21)17(22-2)16(23-12)9-4-5-11(19)10(18)7-9/h3-7H,20H2,1-2H3. The third-order valence-electron chi connectivity index (χ3n) is 3.66. The quantitative estimate of drug-likeness (QED) is 0.715. The van der Waals surface area contributed by atoms with E-state index in [1.807, 2.05) is 0 Å². The Morgan fingerprint density at radius 3 is 2.65 bits per heavy atom. The molecule has 0 atom stereocenters. The van der Waals surface area contributed by atoms with Crippen LogP contribution in [0.15, 0.2) is 39.5 Å². The second kappa shape index (κ2) is 5.59. The van der Waals surface area contributed by atoms with E-state index in [4.69, 9.17) is 26.5 Å². The fourth-order valence-electron chi connectivity index (χ4n) is 2.41. The zero-order valence-electron chi connectivity index (χ0n) is 12.4. The highest BCUT2D eigenvalue weighted by molar-refractivity contribution is 6.31. The van der Waals surface area contributed by atoms with E-state index >= 15 is 0 Å². The summed E-state index contributed by atoms with van der Waals surface area (Å²) in [5.41, 5.74) is 7.48. The summed E-state index contributed by atoms with van der Waals surface area (Å²) in [4.78, 5) is 12.7. The summed E-state index contributed by atoms with van der Waals surface area (Å²) >= 11 is 5.81. The molecule has 3 rings (SSSR count). The van der Waals surface area contributed by atoms with Crippen molar-refractivity contribution in [1.29, 1.82) is 0 Å². The number of rotatable bonds is 2. The zero-order valence-corrected chi connectivity index (χ0v) is 13.2. The maximum Gasteiger partial charge on any atom is 0.237 e. The zero-order chi connectivity index (χ0) is 16.7. The van der Waals surface area contributed by atoms with Gasteiger partial charge in [0, 0.05) is 11.3 Å². The van der Waals surface area contributed by atoms with Crippen LogP contribution in [-0.2, 0) is 0 Å². The first-order valence-corrected chi connectivity index (χ1v) is 7.17. The van der Waals surface area contributed by atoms with Crippen molar-refractivity contribution >= 4 is 28.3 Å². The van der Waals surface area contributed by atoms with Gasteiger partial charge in [0.15, 0.2) is 5.76 Å². The molecule has 0 amide bonds. The Morgan fingerprint density at radius 2 is 2.00 bits per heavy atom. The molecule has 0 bridgehead atoms. The van der Waals surface area contributed by atoms with E-state index in [9.17, 15) is 9.18 Å². The first kappa shape index (κ1) is 15.4. The summed E-state index contributed by atoms with van der Waals surface area (Å²) in [5, 5.41) is 0.189. The lowest BCUT2D eigenvalue weighted by Crippen LogP contribution is -2.10. The number of anilines is 1. The predicted molar refractivity (Wildman–Crippen MR) is 88.6 cm³/mol. The summed E-state index contributed by atoms with van der Waals surface area (Å²) in [6, 6.07) is 7.46. The molecule has 0 aliphatic carbocycles. The Bertz CT molecular complexity index is 982. The molecule has 6 heteroatoms. The van der Waals surface area contributed by atoms with E-state index in [1.54, 1.807) is 19.1 Å². The fraction of sp³-hybridized carbons (Fsp3) is 0.118. The number of nitrogen functional groups attached to an aromatic ring is 1. The number of hydrogen-bond acceptors (Lipinski definition) is 4. The third kappa shape index (κ3) is 2.43. The number of ether oxygens (including phenoxy) is 1. The van der Waals surface area contributed by atoms with Crippen LogP contribution < -0.4 is 15.9 Å². The van der Waals surface area contributed by atoms with Gasteiger partial charge in [-0.15, -0.1) is 0 Å². The minimum atomic E-state index is -0.558. The highest BCUT2D eigenvalue weighted by Crippen LogP contribution is 2.34. The predicted octanol–water partition coefficient (Wildman–Crippen LogP) is 4.15. The molecular formula is C17H13ClFNO3. The third-order valence-corrected chi connectivity index (χ3v) is 3.95. The van der Waals surface area contributed by atoms with Gasteiger partial charge in [-0.3, -0.25) is 4.79 Å². The number of fused-ring (bicyclic) bond motifs is 1. The van der Waals surface area contributed by atoms with Crippen LogP contribution in [0.2, 0.25) is 5.02 Å². The molecule has 0 saturated carbocycles. The first-order valence-electron chi connectivity index (χ1n) is 6.79. The van der Waals surface area contributed by atoms with Gasteiger partial charge in [0.25, 0.3) is 0 Å². The molecule has 0 saturated heterocycles. The molecule has 0 fully saturated rings. The maximum atomic E-state index is 13.4. The molecule has 2 N–H and O–H groups in total.